The number of amides is 2. The Morgan fingerprint density at radius 1 is 1.12 bits per heavy atom. The van der Waals surface area contributed by atoms with Crippen molar-refractivity contribution in [2.75, 3.05) is 6.54 Å². The fourth-order valence-corrected chi connectivity index (χ4v) is 5.34. The molecule has 0 aromatic heterocycles. The van der Waals surface area contributed by atoms with Crippen molar-refractivity contribution in [3.63, 3.8) is 0 Å². The molecule has 1 saturated heterocycles. The maximum absolute atomic E-state index is 12.6. The Kier molecular flexibility index (Phi) is 5.48. The molecule has 1 aliphatic carbocycles. The number of imide groups is 1. The smallest absolute Gasteiger partial charge is 0.240 e. The molecule has 2 fully saturated rings. The largest absolute Gasteiger partial charge is 0.278 e. The van der Waals surface area contributed by atoms with Gasteiger partial charge in [-0.25, -0.2) is 13.1 Å². The second-order valence-electron chi connectivity index (χ2n) is 7.26. The summed E-state index contributed by atoms with van der Waals surface area (Å²) in [6.07, 6.45) is 4.24. The Morgan fingerprint density at radius 2 is 1.73 bits per heavy atom. The molecule has 1 aromatic rings. The second-order valence-corrected chi connectivity index (χ2v) is 8.99. The number of nitrogens with zero attached hydrogens (tertiary/aromatic N) is 1. The number of sulfonamides is 1. The Balaban J connectivity index is 1.84. The summed E-state index contributed by atoms with van der Waals surface area (Å²) in [5.74, 6) is -0.574. The highest BCUT2D eigenvalue weighted by Gasteiger charge is 2.47. The third-order valence-electron chi connectivity index (χ3n) is 5.36. The third kappa shape index (κ3) is 3.55. The average molecular weight is 378 g/mol. The first kappa shape index (κ1) is 19.0. The Labute approximate surface area is 155 Å². The molecule has 6 nitrogen and oxygen atoms in total. The summed E-state index contributed by atoms with van der Waals surface area (Å²) in [4.78, 5) is 26.8. The van der Waals surface area contributed by atoms with Gasteiger partial charge in [0.2, 0.25) is 21.8 Å². The van der Waals surface area contributed by atoms with Crippen LogP contribution in [-0.2, 0) is 26.2 Å². The molecule has 1 aliphatic heterocycles. The Bertz CT molecular complexity index is 795. The molecular formula is C19H26N2O4S. The zero-order chi connectivity index (χ0) is 18.9. The van der Waals surface area contributed by atoms with E-state index >= 15 is 0 Å². The Morgan fingerprint density at radius 3 is 2.31 bits per heavy atom. The molecule has 0 unspecified atom stereocenters. The van der Waals surface area contributed by atoms with Crippen molar-refractivity contribution < 1.29 is 18.0 Å². The fraction of sp³-hybridized carbons (Fsp3) is 0.579. The molecule has 2 aliphatic rings. The Hall–Kier alpha value is -1.73. The van der Waals surface area contributed by atoms with Crippen LogP contribution in [0.3, 0.4) is 0 Å². The van der Waals surface area contributed by atoms with Gasteiger partial charge >= 0.3 is 0 Å². The molecule has 1 heterocycles. The molecule has 26 heavy (non-hydrogen) atoms. The summed E-state index contributed by atoms with van der Waals surface area (Å²) in [6.45, 7) is 4.15. The molecule has 3 rings (SSSR count). The van der Waals surface area contributed by atoms with Crippen LogP contribution in [-0.4, -0.2) is 31.7 Å². The van der Waals surface area contributed by atoms with Crippen molar-refractivity contribution in [1.29, 1.82) is 0 Å². The predicted octanol–water partition coefficient (Wildman–Crippen LogP) is 2.36. The maximum Gasteiger partial charge on any atom is 0.240 e. The summed E-state index contributed by atoms with van der Waals surface area (Å²) in [7, 11) is -3.60. The van der Waals surface area contributed by atoms with Gasteiger partial charge < -0.3 is 0 Å². The topological polar surface area (TPSA) is 83.6 Å². The van der Waals surface area contributed by atoms with Crippen LogP contribution in [0.4, 0.5) is 0 Å². The van der Waals surface area contributed by atoms with Crippen molar-refractivity contribution in [3.05, 3.63) is 29.3 Å². The number of benzene rings is 1. The maximum atomic E-state index is 12.6. The highest BCUT2D eigenvalue weighted by molar-refractivity contribution is 7.89. The minimum atomic E-state index is -3.60. The van der Waals surface area contributed by atoms with E-state index in [0.717, 1.165) is 25.7 Å². The summed E-state index contributed by atoms with van der Waals surface area (Å²) in [5.41, 5.74) is 1.30. The number of rotatable bonds is 6. The van der Waals surface area contributed by atoms with Crippen LogP contribution in [0.25, 0.3) is 0 Å². The van der Waals surface area contributed by atoms with E-state index in [0.29, 0.717) is 24.1 Å². The molecule has 2 atom stereocenters. The molecule has 1 aromatic carbocycles. The van der Waals surface area contributed by atoms with Gasteiger partial charge in [0.1, 0.15) is 0 Å². The lowest BCUT2D eigenvalue weighted by molar-refractivity contribution is -0.140. The quantitative estimate of drug-likeness (QED) is 0.770. The van der Waals surface area contributed by atoms with Gasteiger partial charge in [-0.15, -0.1) is 0 Å². The summed E-state index contributed by atoms with van der Waals surface area (Å²) in [6, 6.07) is 5.10. The van der Waals surface area contributed by atoms with Crippen molar-refractivity contribution in [3.8, 4) is 0 Å². The van der Waals surface area contributed by atoms with Crippen molar-refractivity contribution in [2.45, 2.75) is 57.4 Å². The average Bonchev–Trinajstić information content (AvgIpc) is 2.87. The number of nitrogens with one attached hydrogen (secondary N) is 1. The first-order valence-electron chi connectivity index (χ1n) is 9.29. The van der Waals surface area contributed by atoms with Crippen LogP contribution in [0, 0.1) is 18.8 Å². The third-order valence-corrected chi connectivity index (χ3v) is 6.96. The molecule has 1 N–H and O–H groups in total. The van der Waals surface area contributed by atoms with Gasteiger partial charge in [-0.1, -0.05) is 31.9 Å². The molecule has 142 valence electrons. The van der Waals surface area contributed by atoms with Crippen LogP contribution in [0.5, 0.6) is 0 Å². The number of hydrogen-bond acceptors (Lipinski definition) is 4. The zero-order valence-corrected chi connectivity index (χ0v) is 16.1. The van der Waals surface area contributed by atoms with E-state index in [1.54, 1.807) is 25.1 Å². The normalized spacial score (nSPS) is 23.4. The first-order valence-corrected chi connectivity index (χ1v) is 10.8. The van der Waals surface area contributed by atoms with Gasteiger partial charge in [-0.3, -0.25) is 14.5 Å². The molecular weight excluding hydrogens is 352 g/mol. The second kappa shape index (κ2) is 7.48. The standard InChI is InChI=1S/C19H26N2O4S/c1-3-10-20-26(24,25)17-11-14(9-8-13(17)2)12-21-18(22)15-6-4-5-7-16(15)19(21)23/h8-9,11,15-16,20H,3-7,10,12H2,1-2H3/t15-,16-/m1/s1. The van der Waals surface area contributed by atoms with Gasteiger partial charge in [-0.05, 0) is 43.4 Å². The number of likely N-dealkylation sites (tertiary alicyclic amines) is 1. The molecule has 2 amide bonds. The SMILES string of the molecule is CCCNS(=O)(=O)c1cc(CN2C(=O)[C@@H]3CCCC[C@H]3C2=O)ccc1C. The van der Waals surface area contributed by atoms with E-state index in [4.69, 9.17) is 0 Å². The lowest BCUT2D eigenvalue weighted by atomic mass is 9.81. The van der Waals surface area contributed by atoms with Crippen molar-refractivity contribution in [2.24, 2.45) is 11.8 Å². The van der Waals surface area contributed by atoms with Gasteiger partial charge in [0.25, 0.3) is 0 Å². The lowest BCUT2D eigenvalue weighted by Crippen LogP contribution is -2.31. The minimum absolute atomic E-state index is 0.103. The van der Waals surface area contributed by atoms with Crippen LogP contribution in [0.2, 0.25) is 0 Å². The van der Waals surface area contributed by atoms with Crippen molar-refractivity contribution >= 4 is 21.8 Å². The molecule has 0 radical (unpaired) electrons. The summed E-state index contributed by atoms with van der Waals surface area (Å²) in [5, 5.41) is 0. The number of fused-ring (bicyclic) bond motifs is 1. The van der Waals surface area contributed by atoms with Gasteiger partial charge in [-0.2, -0.15) is 0 Å². The monoisotopic (exact) mass is 378 g/mol. The van der Waals surface area contributed by atoms with Crippen LogP contribution in [0.1, 0.15) is 50.2 Å². The summed E-state index contributed by atoms with van der Waals surface area (Å²) < 4.78 is 27.5. The van der Waals surface area contributed by atoms with Crippen LogP contribution < -0.4 is 4.72 Å². The highest BCUT2D eigenvalue weighted by Crippen LogP contribution is 2.38. The van der Waals surface area contributed by atoms with Gasteiger partial charge in [0.15, 0.2) is 0 Å². The summed E-state index contributed by atoms with van der Waals surface area (Å²) >= 11 is 0. The number of aryl methyl sites for hydroxylation is 1. The minimum Gasteiger partial charge on any atom is -0.278 e. The van der Waals surface area contributed by atoms with E-state index in [-0.39, 0.29) is 35.1 Å². The van der Waals surface area contributed by atoms with E-state index < -0.39 is 10.0 Å². The fourth-order valence-electron chi connectivity index (χ4n) is 3.92. The molecule has 0 bridgehead atoms. The number of carbonyl (C=O) groups is 2. The van der Waals surface area contributed by atoms with Crippen molar-refractivity contribution in [1.82, 2.24) is 9.62 Å². The van der Waals surface area contributed by atoms with Crippen LogP contribution >= 0.6 is 0 Å². The predicted molar refractivity (Wildman–Crippen MR) is 97.7 cm³/mol. The zero-order valence-electron chi connectivity index (χ0n) is 15.3. The van der Waals surface area contributed by atoms with E-state index in [9.17, 15) is 18.0 Å². The lowest BCUT2D eigenvalue weighted by Gasteiger charge is -2.19. The van der Waals surface area contributed by atoms with Crippen LogP contribution in [0.15, 0.2) is 23.1 Å². The number of hydrogen-bond donors (Lipinski definition) is 1. The van der Waals surface area contributed by atoms with E-state index in [2.05, 4.69) is 4.72 Å². The highest BCUT2D eigenvalue weighted by atomic mass is 32.2. The molecule has 7 heteroatoms. The van der Waals surface area contributed by atoms with Gasteiger partial charge in [0.05, 0.1) is 23.3 Å². The van der Waals surface area contributed by atoms with E-state index in [1.165, 1.54) is 4.90 Å². The van der Waals surface area contributed by atoms with E-state index in [1.807, 2.05) is 6.92 Å². The molecule has 0 spiro atoms. The first-order chi connectivity index (χ1) is 12.3. The van der Waals surface area contributed by atoms with Gasteiger partial charge in [0, 0.05) is 6.54 Å². The molecule has 1 saturated carbocycles. The number of carbonyl (C=O) groups excluding carboxylic acids is 2.